The summed E-state index contributed by atoms with van der Waals surface area (Å²) >= 11 is 0. The van der Waals surface area contributed by atoms with Gasteiger partial charge in [0, 0.05) is 11.0 Å². The van der Waals surface area contributed by atoms with Crippen LogP contribution in [0.4, 0.5) is 0 Å². The van der Waals surface area contributed by atoms with E-state index >= 15 is 0 Å². The molecule has 0 aromatic carbocycles. The second kappa shape index (κ2) is 7.17. The summed E-state index contributed by atoms with van der Waals surface area (Å²) < 4.78 is 5.70. The van der Waals surface area contributed by atoms with Gasteiger partial charge >= 0.3 is 5.97 Å². The van der Waals surface area contributed by atoms with E-state index in [-0.39, 0.29) is 17.5 Å². The van der Waals surface area contributed by atoms with E-state index in [0.717, 1.165) is 24.2 Å². The van der Waals surface area contributed by atoms with Crippen molar-refractivity contribution < 1.29 is 9.53 Å². The van der Waals surface area contributed by atoms with Crippen molar-refractivity contribution in [2.75, 3.05) is 0 Å². The van der Waals surface area contributed by atoms with Crippen LogP contribution in [0.2, 0.25) is 0 Å². The molecular weight excluding hydrogens is 344 g/mol. The van der Waals surface area contributed by atoms with Crippen LogP contribution < -0.4 is 0 Å². The summed E-state index contributed by atoms with van der Waals surface area (Å²) in [6.07, 6.45) is 12.2. The predicted molar refractivity (Wildman–Crippen MR) is 117 cm³/mol. The molecular formula is C26H44O2. The molecule has 0 radical (unpaired) electrons. The minimum absolute atomic E-state index is 0.102. The van der Waals surface area contributed by atoms with Gasteiger partial charge in [-0.05, 0) is 92.8 Å². The maximum Gasteiger partial charge on any atom is 0.333 e. The lowest BCUT2D eigenvalue weighted by atomic mass is 9.66. The Labute approximate surface area is 173 Å². The highest BCUT2D eigenvalue weighted by molar-refractivity contribution is 5.87. The van der Waals surface area contributed by atoms with Crippen molar-refractivity contribution in [1.82, 2.24) is 0 Å². The highest BCUT2D eigenvalue weighted by atomic mass is 16.5. The van der Waals surface area contributed by atoms with Gasteiger partial charge in [-0.2, -0.15) is 0 Å². The molecule has 3 unspecified atom stereocenters. The normalized spacial score (nSPS) is 41.5. The summed E-state index contributed by atoms with van der Waals surface area (Å²) in [7, 11) is 0. The molecule has 0 aromatic heterocycles. The standard InChI is InChI=1S/C15H24O2.C11H20/c1-6-15-8-7-11(14(15,4)5)9-12(15)17-13(16)10(2)3;1-4-11-7-5-9(6-8-11)10(11,2)3/h11-12H,2,6-9H2,1,3-5H3;9H,4-8H2,1-3H3. The zero-order valence-corrected chi connectivity index (χ0v) is 19.6. The summed E-state index contributed by atoms with van der Waals surface area (Å²) in [5.74, 6) is 1.55. The Bertz CT molecular complexity index is 620. The topological polar surface area (TPSA) is 26.3 Å². The van der Waals surface area contributed by atoms with Crippen molar-refractivity contribution in [1.29, 1.82) is 0 Å². The quantitative estimate of drug-likeness (QED) is 0.372. The molecule has 160 valence electrons. The highest BCUT2D eigenvalue weighted by Gasteiger charge is 2.64. The molecule has 4 aliphatic rings. The maximum atomic E-state index is 11.7. The van der Waals surface area contributed by atoms with Crippen molar-refractivity contribution in [2.45, 2.75) is 112 Å². The summed E-state index contributed by atoms with van der Waals surface area (Å²) in [5, 5.41) is 0. The monoisotopic (exact) mass is 388 g/mol. The first-order chi connectivity index (χ1) is 13.0. The van der Waals surface area contributed by atoms with Crippen LogP contribution in [0.5, 0.6) is 0 Å². The van der Waals surface area contributed by atoms with Crippen molar-refractivity contribution in [3.8, 4) is 0 Å². The third-order valence-electron chi connectivity index (χ3n) is 10.6. The Balaban J connectivity index is 0.000000176. The molecule has 2 nitrogen and oxygen atoms in total. The van der Waals surface area contributed by atoms with Crippen LogP contribution in [-0.2, 0) is 9.53 Å². The van der Waals surface area contributed by atoms with Crippen molar-refractivity contribution in [3.05, 3.63) is 12.2 Å². The first-order valence-corrected chi connectivity index (χ1v) is 11.8. The van der Waals surface area contributed by atoms with Crippen molar-refractivity contribution in [2.24, 2.45) is 33.5 Å². The number of carbonyl (C=O) groups is 1. The SMILES string of the molecule is C=C(C)C(=O)OC1CC2CCC1(CC)C2(C)C.CCC12CCC(CC1)C2(C)C. The number of ether oxygens (including phenoxy) is 1. The average Bonchev–Trinajstić information content (AvgIpc) is 3.24. The maximum absolute atomic E-state index is 11.7. The Hall–Kier alpha value is -0.790. The zero-order valence-electron chi connectivity index (χ0n) is 19.6. The third-order valence-corrected chi connectivity index (χ3v) is 10.6. The van der Waals surface area contributed by atoms with Gasteiger partial charge in [0.2, 0.25) is 0 Å². The molecule has 0 heterocycles. The number of hydrogen-bond donors (Lipinski definition) is 0. The summed E-state index contributed by atoms with van der Waals surface area (Å²) in [6.45, 7) is 19.7. The average molecular weight is 389 g/mol. The second-order valence-electron chi connectivity index (χ2n) is 11.5. The minimum Gasteiger partial charge on any atom is -0.458 e. The van der Waals surface area contributed by atoms with E-state index in [2.05, 4.69) is 48.1 Å². The third kappa shape index (κ3) is 2.91. The fraction of sp³-hybridized carbons (Fsp3) is 0.885. The van der Waals surface area contributed by atoms with E-state index in [9.17, 15) is 4.79 Å². The van der Waals surface area contributed by atoms with Crippen molar-refractivity contribution >= 4 is 5.97 Å². The molecule has 0 aliphatic heterocycles. The molecule has 4 aliphatic carbocycles. The second-order valence-corrected chi connectivity index (χ2v) is 11.5. The first-order valence-electron chi connectivity index (χ1n) is 11.8. The summed E-state index contributed by atoms with van der Waals surface area (Å²) in [6, 6.07) is 0. The molecule has 2 heteroatoms. The van der Waals surface area contributed by atoms with Gasteiger partial charge in [0.05, 0.1) is 0 Å². The van der Waals surface area contributed by atoms with Gasteiger partial charge in [-0.15, -0.1) is 0 Å². The van der Waals surface area contributed by atoms with Crippen LogP contribution in [0, 0.1) is 33.5 Å². The van der Waals surface area contributed by atoms with Gasteiger partial charge in [0.15, 0.2) is 0 Å². The number of fused-ring (bicyclic) bond motifs is 4. The van der Waals surface area contributed by atoms with E-state index in [1.54, 1.807) is 6.92 Å². The fourth-order valence-electron chi connectivity index (χ4n) is 8.02. The molecule has 4 bridgehead atoms. The molecule has 0 N–H and O–H groups in total. The Morgan fingerprint density at radius 3 is 1.86 bits per heavy atom. The van der Waals surface area contributed by atoms with Gasteiger partial charge < -0.3 is 4.74 Å². The first kappa shape index (κ1) is 21.9. The van der Waals surface area contributed by atoms with E-state index < -0.39 is 0 Å². The number of hydrogen-bond acceptors (Lipinski definition) is 2. The van der Waals surface area contributed by atoms with Crippen LogP contribution in [0.3, 0.4) is 0 Å². The summed E-state index contributed by atoms with van der Waals surface area (Å²) in [5.41, 5.74) is 2.43. The fourth-order valence-corrected chi connectivity index (χ4v) is 8.02. The Kier molecular flexibility index (Phi) is 5.61. The molecule has 0 spiro atoms. The van der Waals surface area contributed by atoms with Crippen LogP contribution in [0.25, 0.3) is 0 Å². The molecule has 3 atom stereocenters. The number of esters is 1. The summed E-state index contributed by atoms with van der Waals surface area (Å²) in [4.78, 5) is 11.7. The van der Waals surface area contributed by atoms with E-state index in [4.69, 9.17) is 4.74 Å². The number of rotatable bonds is 4. The Morgan fingerprint density at radius 1 is 0.929 bits per heavy atom. The Morgan fingerprint density at radius 2 is 1.50 bits per heavy atom. The van der Waals surface area contributed by atoms with Crippen LogP contribution in [0.1, 0.15) is 106 Å². The minimum atomic E-state index is -0.217. The smallest absolute Gasteiger partial charge is 0.333 e. The lowest BCUT2D eigenvalue weighted by Crippen LogP contribution is -2.40. The van der Waals surface area contributed by atoms with Crippen LogP contribution in [0.15, 0.2) is 12.2 Å². The molecule has 4 fully saturated rings. The highest BCUT2D eigenvalue weighted by Crippen LogP contribution is 2.68. The molecule has 0 aromatic rings. The van der Waals surface area contributed by atoms with E-state index in [1.165, 1.54) is 44.9 Å². The largest absolute Gasteiger partial charge is 0.458 e. The van der Waals surface area contributed by atoms with Crippen molar-refractivity contribution in [3.63, 3.8) is 0 Å². The lowest BCUT2D eigenvalue weighted by molar-refractivity contribution is -0.153. The van der Waals surface area contributed by atoms with E-state index in [1.807, 2.05) is 0 Å². The van der Waals surface area contributed by atoms with Crippen LogP contribution >= 0.6 is 0 Å². The molecule has 28 heavy (non-hydrogen) atoms. The number of carbonyl (C=O) groups excluding carboxylic acids is 1. The van der Waals surface area contributed by atoms with Crippen LogP contribution in [-0.4, -0.2) is 12.1 Å². The van der Waals surface area contributed by atoms with Gasteiger partial charge in [-0.1, -0.05) is 48.1 Å². The van der Waals surface area contributed by atoms with Gasteiger partial charge in [0.1, 0.15) is 6.10 Å². The predicted octanol–water partition coefficient (Wildman–Crippen LogP) is 7.32. The van der Waals surface area contributed by atoms with Gasteiger partial charge in [-0.3, -0.25) is 0 Å². The van der Waals surface area contributed by atoms with Gasteiger partial charge in [0.25, 0.3) is 0 Å². The molecule has 0 amide bonds. The molecule has 4 rings (SSSR count). The molecule has 4 saturated carbocycles. The van der Waals surface area contributed by atoms with Gasteiger partial charge in [-0.25, -0.2) is 4.79 Å². The van der Waals surface area contributed by atoms with E-state index in [0.29, 0.717) is 22.3 Å². The molecule has 0 saturated heterocycles. The zero-order chi connectivity index (χ0) is 21.0. The lowest BCUT2D eigenvalue weighted by Gasteiger charge is -2.41.